The van der Waals surface area contributed by atoms with E-state index in [0.29, 0.717) is 24.5 Å². The molecule has 14 heteroatoms. The number of hydrogen-bond acceptors (Lipinski definition) is 5. The van der Waals surface area contributed by atoms with Crippen LogP contribution in [0.2, 0.25) is 0 Å². The van der Waals surface area contributed by atoms with E-state index in [-0.39, 0.29) is 36.9 Å². The minimum atomic E-state index is -4.92. The smallest absolute Gasteiger partial charge is 0.352 e. The molecule has 1 N–H and O–H groups in total. The first-order valence-electron chi connectivity index (χ1n) is 8.97. The molecule has 3 rings (SSSR count). The van der Waals surface area contributed by atoms with Crippen LogP contribution in [0.5, 0.6) is 0 Å². The highest BCUT2D eigenvalue weighted by molar-refractivity contribution is 7.92. The van der Waals surface area contributed by atoms with Gasteiger partial charge >= 0.3 is 12.4 Å². The standard InChI is InChI=1S/C18H14F7N3O3S/c19-12-3-11(17(20,21)22)4-14(5-12)32(30,31)13-1-9(2-13)6-26-15(29)10-7-27-16(28-8-10)18(23,24)25/h3-5,7-9,13H,1-2,6H2,(H,26,29)/t9-,13-. The van der Waals surface area contributed by atoms with Crippen LogP contribution in [0, 0.1) is 11.7 Å². The molecule has 0 aliphatic heterocycles. The van der Waals surface area contributed by atoms with Crippen molar-refractivity contribution in [3.8, 4) is 0 Å². The molecule has 0 saturated heterocycles. The zero-order valence-corrected chi connectivity index (χ0v) is 16.7. The summed E-state index contributed by atoms with van der Waals surface area (Å²) in [5.41, 5.74) is -1.65. The topological polar surface area (TPSA) is 89.0 Å². The lowest BCUT2D eigenvalue weighted by atomic mass is 9.85. The summed E-state index contributed by atoms with van der Waals surface area (Å²) >= 11 is 0. The minimum Gasteiger partial charge on any atom is -0.352 e. The Morgan fingerprint density at radius 3 is 2.12 bits per heavy atom. The van der Waals surface area contributed by atoms with Gasteiger partial charge in [0.25, 0.3) is 5.91 Å². The van der Waals surface area contributed by atoms with Crippen LogP contribution in [-0.2, 0) is 22.2 Å². The molecular formula is C18H14F7N3O3S. The van der Waals surface area contributed by atoms with Crippen LogP contribution >= 0.6 is 0 Å². The summed E-state index contributed by atoms with van der Waals surface area (Å²) in [6.07, 6.45) is -8.28. The van der Waals surface area contributed by atoms with Crippen molar-refractivity contribution in [2.75, 3.05) is 6.54 Å². The summed E-state index contributed by atoms with van der Waals surface area (Å²) in [4.78, 5) is 17.3. The Balaban J connectivity index is 1.58. The molecule has 1 aliphatic rings. The van der Waals surface area contributed by atoms with Crippen molar-refractivity contribution in [1.29, 1.82) is 0 Å². The molecule has 1 aromatic carbocycles. The van der Waals surface area contributed by atoms with Gasteiger partial charge in [-0.05, 0) is 37.0 Å². The largest absolute Gasteiger partial charge is 0.451 e. The van der Waals surface area contributed by atoms with Gasteiger partial charge in [-0.3, -0.25) is 4.79 Å². The number of rotatable bonds is 5. The average molecular weight is 485 g/mol. The number of hydrogen-bond donors (Lipinski definition) is 1. The van der Waals surface area contributed by atoms with Gasteiger partial charge in [0.05, 0.1) is 21.3 Å². The zero-order valence-electron chi connectivity index (χ0n) is 15.8. The third kappa shape index (κ3) is 5.16. The summed E-state index contributed by atoms with van der Waals surface area (Å²) in [5.74, 6) is -3.86. The van der Waals surface area contributed by atoms with Crippen LogP contribution in [0.1, 0.15) is 34.6 Å². The molecule has 0 radical (unpaired) electrons. The first-order chi connectivity index (χ1) is 14.7. The fraction of sp³-hybridized carbons (Fsp3) is 0.389. The summed E-state index contributed by atoms with van der Waals surface area (Å²) in [7, 11) is -4.23. The highest BCUT2D eigenvalue weighted by Crippen LogP contribution is 2.38. The van der Waals surface area contributed by atoms with Crippen LogP contribution < -0.4 is 5.32 Å². The molecule has 32 heavy (non-hydrogen) atoms. The fourth-order valence-corrected chi connectivity index (χ4v) is 5.11. The number of aromatic nitrogens is 2. The van der Waals surface area contributed by atoms with Gasteiger partial charge in [0.15, 0.2) is 9.84 Å². The normalized spacial score (nSPS) is 19.3. The SMILES string of the molecule is O=C(NC[C@H]1C[C@H](S(=O)(=O)c2cc(F)cc(C(F)(F)F)c2)C1)c1cnc(C(F)(F)F)nc1. The van der Waals surface area contributed by atoms with Gasteiger partial charge in [-0.25, -0.2) is 22.8 Å². The van der Waals surface area contributed by atoms with Crippen LogP contribution in [-0.4, -0.2) is 36.1 Å². The Kier molecular flexibility index (Phi) is 6.19. The third-order valence-corrected chi connectivity index (χ3v) is 7.03. The molecular weight excluding hydrogens is 471 g/mol. The number of benzene rings is 1. The number of carbonyl (C=O) groups is 1. The minimum absolute atomic E-state index is 0.00396. The Hall–Kier alpha value is -2.77. The number of halogens is 7. The Morgan fingerprint density at radius 1 is 1.00 bits per heavy atom. The molecule has 6 nitrogen and oxygen atoms in total. The van der Waals surface area contributed by atoms with Crippen molar-refractivity contribution in [2.45, 2.75) is 35.3 Å². The fourth-order valence-electron chi connectivity index (χ4n) is 3.11. The van der Waals surface area contributed by atoms with E-state index in [1.54, 1.807) is 0 Å². The lowest BCUT2D eigenvalue weighted by molar-refractivity contribution is -0.145. The summed E-state index contributed by atoms with van der Waals surface area (Å²) < 4.78 is 114. The van der Waals surface area contributed by atoms with Crippen molar-refractivity contribution in [2.24, 2.45) is 5.92 Å². The number of amides is 1. The van der Waals surface area contributed by atoms with Gasteiger partial charge in [-0.15, -0.1) is 0 Å². The summed E-state index contributed by atoms with van der Waals surface area (Å²) in [5, 5.41) is 1.35. The van der Waals surface area contributed by atoms with Crippen molar-refractivity contribution in [3.63, 3.8) is 0 Å². The molecule has 1 saturated carbocycles. The second kappa shape index (κ2) is 8.30. The lowest BCUT2D eigenvalue weighted by Crippen LogP contribution is -2.42. The average Bonchev–Trinajstić information content (AvgIpc) is 2.64. The molecule has 0 bridgehead atoms. The van der Waals surface area contributed by atoms with Gasteiger partial charge in [-0.1, -0.05) is 0 Å². The Labute approximate surface area is 176 Å². The second-order valence-corrected chi connectivity index (χ2v) is 9.41. The highest BCUT2D eigenvalue weighted by atomic mass is 32.2. The van der Waals surface area contributed by atoms with E-state index in [2.05, 4.69) is 15.3 Å². The van der Waals surface area contributed by atoms with Crippen LogP contribution in [0.25, 0.3) is 0 Å². The molecule has 1 heterocycles. The maximum Gasteiger partial charge on any atom is 0.451 e. The van der Waals surface area contributed by atoms with Gasteiger partial charge < -0.3 is 5.32 Å². The first kappa shape index (κ1) is 23.9. The van der Waals surface area contributed by atoms with E-state index in [0.717, 1.165) is 0 Å². The van der Waals surface area contributed by atoms with E-state index >= 15 is 0 Å². The van der Waals surface area contributed by atoms with Crippen LogP contribution in [0.15, 0.2) is 35.5 Å². The van der Waals surface area contributed by atoms with E-state index < -0.39 is 55.4 Å². The predicted molar refractivity (Wildman–Crippen MR) is 94.5 cm³/mol. The third-order valence-electron chi connectivity index (χ3n) is 4.88. The molecule has 2 aromatic rings. The first-order valence-corrected chi connectivity index (χ1v) is 10.5. The molecule has 0 atom stereocenters. The van der Waals surface area contributed by atoms with Gasteiger partial charge in [0.2, 0.25) is 5.82 Å². The molecule has 1 amide bonds. The molecule has 1 aromatic heterocycles. The Morgan fingerprint density at radius 2 is 1.59 bits per heavy atom. The number of alkyl halides is 6. The van der Waals surface area contributed by atoms with E-state index in [9.17, 15) is 43.9 Å². The van der Waals surface area contributed by atoms with Gasteiger partial charge in [-0.2, -0.15) is 26.3 Å². The molecule has 0 unspecified atom stereocenters. The molecule has 1 fully saturated rings. The maximum atomic E-state index is 13.5. The second-order valence-electron chi connectivity index (χ2n) is 7.18. The Bertz CT molecular complexity index is 1110. The van der Waals surface area contributed by atoms with Gasteiger partial charge in [0, 0.05) is 18.9 Å². The summed E-state index contributed by atoms with van der Waals surface area (Å²) in [6, 6.07) is 1.09. The van der Waals surface area contributed by atoms with E-state index in [1.165, 1.54) is 0 Å². The zero-order chi connectivity index (χ0) is 23.9. The van der Waals surface area contributed by atoms with Crippen LogP contribution in [0.4, 0.5) is 30.7 Å². The predicted octanol–water partition coefficient (Wildman–Crippen LogP) is 3.64. The maximum absolute atomic E-state index is 13.5. The van der Waals surface area contributed by atoms with Crippen molar-refractivity contribution >= 4 is 15.7 Å². The lowest BCUT2D eigenvalue weighted by Gasteiger charge is -2.35. The quantitative estimate of drug-likeness (QED) is 0.654. The van der Waals surface area contributed by atoms with Gasteiger partial charge in [0.1, 0.15) is 5.82 Å². The monoisotopic (exact) mass is 485 g/mol. The van der Waals surface area contributed by atoms with Crippen LogP contribution in [0.3, 0.4) is 0 Å². The highest BCUT2D eigenvalue weighted by Gasteiger charge is 2.41. The van der Waals surface area contributed by atoms with Crippen molar-refractivity contribution < 1.29 is 43.9 Å². The number of sulfone groups is 1. The molecule has 1 aliphatic carbocycles. The number of nitrogens with one attached hydrogen (secondary N) is 1. The van der Waals surface area contributed by atoms with Crippen molar-refractivity contribution in [1.82, 2.24) is 15.3 Å². The molecule has 174 valence electrons. The summed E-state index contributed by atoms with van der Waals surface area (Å²) in [6.45, 7) is -0.0250. The van der Waals surface area contributed by atoms with E-state index in [4.69, 9.17) is 0 Å². The molecule has 0 spiro atoms. The number of nitrogens with zero attached hydrogens (tertiary/aromatic N) is 2. The van der Waals surface area contributed by atoms with E-state index in [1.807, 2.05) is 0 Å². The van der Waals surface area contributed by atoms with Crippen molar-refractivity contribution in [3.05, 3.63) is 53.4 Å². The number of carbonyl (C=O) groups excluding carboxylic acids is 1.